The van der Waals surface area contributed by atoms with Crippen LogP contribution >= 0.6 is 0 Å². The highest BCUT2D eigenvalue weighted by atomic mass is 32.2. The molecule has 1 rings (SSSR count). The second-order valence-electron chi connectivity index (χ2n) is 5.53. The molecule has 0 aliphatic rings. The average molecular weight is 326 g/mol. The minimum absolute atomic E-state index is 0.134. The highest BCUT2D eigenvalue weighted by Crippen LogP contribution is 2.04. The van der Waals surface area contributed by atoms with Crippen LogP contribution in [0.15, 0.2) is 24.3 Å². The molecule has 0 saturated carbocycles. The van der Waals surface area contributed by atoms with Gasteiger partial charge >= 0.3 is 0 Å². The summed E-state index contributed by atoms with van der Waals surface area (Å²) in [5, 5.41) is 2.82. The first-order valence-corrected chi connectivity index (χ1v) is 9.45. The van der Waals surface area contributed by atoms with Gasteiger partial charge in [-0.2, -0.15) is 0 Å². The monoisotopic (exact) mass is 326 g/mol. The molecule has 1 aromatic carbocycles. The molecule has 0 fully saturated rings. The molecule has 124 valence electrons. The second kappa shape index (κ2) is 8.90. The Kier molecular flexibility index (Phi) is 7.55. The third kappa shape index (κ3) is 7.04. The summed E-state index contributed by atoms with van der Waals surface area (Å²) in [4.78, 5) is 11.9. The smallest absolute Gasteiger partial charge is 0.221 e. The number of nitrogens with one attached hydrogen (secondary N) is 1. The van der Waals surface area contributed by atoms with E-state index in [0.29, 0.717) is 13.1 Å². The van der Waals surface area contributed by atoms with E-state index in [9.17, 15) is 13.2 Å². The van der Waals surface area contributed by atoms with Crippen LogP contribution in [0.3, 0.4) is 0 Å². The number of aryl methyl sites for hydroxylation is 1. The molecular formula is C16H26N2O3S. The number of hydrogen-bond donors (Lipinski definition) is 1. The molecule has 1 N–H and O–H groups in total. The first kappa shape index (κ1) is 18.6. The van der Waals surface area contributed by atoms with Crippen molar-refractivity contribution in [1.82, 2.24) is 9.62 Å². The van der Waals surface area contributed by atoms with E-state index in [4.69, 9.17) is 0 Å². The lowest BCUT2D eigenvalue weighted by Crippen LogP contribution is -2.35. The summed E-state index contributed by atoms with van der Waals surface area (Å²) in [7, 11) is -3.25. The molecule has 1 amide bonds. The Balaban J connectivity index is 2.41. The van der Waals surface area contributed by atoms with E-state index in [1.165, 1.54) is 16.1 Å². The van der Waals surface area contributed by atoms with Crippen molar-refractivity contribution in [3.63, 3.8) is 0 Å². The zero-order chi connectivity index (χ0) is 16.6. The van der Waals surface area contributed by atoms with Crippen LogP contribution in [0.1, 0.15) is 37.3 Å². The molecule has 6 heteroatoms. The summed E-state index contributed by atoms with van der Waals surface area (Å²) in [6.45, 7) is 5.19. The molecule has 0 aromatic heterocycles. The van der Waals surface area contributed by atoms with E-state index in [1.54, 1.807) is 0 Å². The van der Waals surface area contributed by atoms with E-state index >= 15 is 0 Å². The van der Waals surface area contributed by atoms with Gasteiger partial charge in [0.05, 0.1) is 6.26 Å². The molecule has 0 unspecified atom stereocenters. The summed E-state index contributed by atoms with van der Waals surface area (Å²) in [6.07, 6.45) is 3.10. The van der Waals surface area contributed by atoms with Gasteiger partial charge in [0.1, 0.15) is 0 Å². The standard InChI is InChI=1S/C16H26N2O3S/c1-4-5-11-18(22(3,20)21)12-10-16(19)17-13-15-8-6-14(2)7-9-15/h6-9H,4-5,10-13H2,1-3H3,(H,17,19). The van der Waals surface area contributed by atoms with Crippen LogP contribution in [-0.4, -0.2) is 38.0 Å². The number of sulfonamides is 1. The van der Waals surface area contributed by atoms with E-state index in [-0.39, 0.29) is 18.9 Å². The van der Waals surface area contributed by atoms with Crippen molar-refractivity contribution in [2.24, 2.45) is 0 Å². The summed E-state index contributed by atoms with van der Waals surface area (Å²) in [5.41, 5.74) is 2.21. The van der Waals surface area contributed by atoms with Gasteiger partial charge in [-0.25, -0.2) is 12.7 Å². The van der Waals surface area contributed by atoms with Crippen molar-refractivity contribution in [3.8, 4) is 0 Å². The number of benzene rings is 1. The van der Waals surface area contributed by atoms with Gasteiger partial charge < -0.3 is 5.32 Å². The topological polar surface area (TPSA) is 66.5 Å². The molecule has 1 aromatic rings. The minimum atomic E-state index is -3.25. The molecule has 0 bridgehead atoms. The Morgan fingerprint density at radius 2 is 1.82 bits per heavy atom. The number of hydrogen-bond acceptors (Lipinski definition) is 3. The number of carbonyl (C=O) groups is 1. The van der Waals surface area contributed by atoms with Crippen molar-refractivity contribution >= 4 is 15.9 Å². The molecule has 0 aliphatic heterocycles. The van der Waals surface area contributed by atoms with Crippen LogP contribution in [0.2, 0.25) is 0 Å². The van der Waals surface area contributed by atoms with Crippen LogP contribution in [0.25, 0.3) is 0 Å². The van der Waals surface area contributed by atoms with Gasteiger partial charge in [-0.15, -0.1) is 0 Å². The predicted octanol–water partition coefficient (Wildman–Crippen LogP) is 2.06. The SMILES string of the molecule is CCCCN(CCC(=O)NCc1ccc(C)cc1)S(C)(=O)=O. The maximum atomic E-state index is 11.9. The average Bonchev–Trinajstić information content (AvgIpc) is 2.45. The third-order valence-electron chi connectivity index (χ3n) is 3.43. The van der Waals surface area contributed by atoms with E-state index in [0.717, 1.165) is 18.4 Å². The van der Waals surface area contributed by atoms with Crippen molar-refractivity contribution < 1.29 is 13.2 Å². The van der Waals surface area contributed by atoms with E-state index in [2.05, 4.69) is 5.32 Å². The number of carbonyl (C=O) groups excluding carboxylic acids is 1. The molecule has 0 atom stereocenters. The summed E-state index contributed by atoms with van der Waals surface area (Å²) in [6, 6.07) is 7.94. The molecular weight excluding hydrogens is 300 g/mol. The lowest BCUT2D eigenvalue weighted by molar-refractivity contribution is -0.121. The molecule has 0 radical (unpaired) electrons. The summed E-state index contributed by atoms with van der Waals surface area (Å²) < 4.78 is 24.7. The molecule has 0 saturated heterocycles. The van der Waals surface area contributed by atoms with Gasteiger partial charge in [0, 0.05) is 26.1 Å². The molecule has 0 aliphatic carbocycles. The van der Waals surface area contributed by atoms with Crippen LogP contribution in [0.5, 0.6) is 0 Å². The summed E-state index contributed by atoms with van der Waals surface area (Å²) in [5.74, 6) is -0.134. The Morgan fingerprint density at radius 3 is 2.36 bits per heavy atom. The van der Waals surface area contributed by atoms with Gasteiger partial charge in [-0.1, -0.05) is 43.2 Å². The van der Waals surface area contributed by atoms with Crippen molar-refractivity contribution in [2.75, 3.05) is 19.3 Å². The minimum Gasteiger partial charge on any atom is -0.352 e. The third-order valence-corrected chi connectivity index (χ3v) is 4.73. The quantitative estimate of drug-likeness (QED) is 0.755. The summed E-state index contributed by atoms with van der Waals surface area (Å²) >= 11 is 0. The fourth-order valence-corrected chi connectivity index (χ4v) is 2.88. The lowest BCUT2D eigenvalue weighted by atomic mass is 10.1. The first-order chi connectivity index (χ1) is 10.3. The number of amides is 1. The van der Waals surface area contributed by atoms with Gasteiger partial charge in [-0.05, 0) is 18.9 Å². The van der Waals surface area contributed by atoms with Crippen LogP contribution in [-0.2, 0) is 21.4 Å². The predicted molar refractivity (Wildman–Crippen MR) is 89.0 cm³/mol. The molecule has 0 heterocycles. The number of nitrogens with zero attached hydrogens (tertiary/aromatic N) is 1. The Bertz CT molecular complexity index is 568. The second-order valence-corrected chi connectivity index (χ2v) is 7.51. The van der Waals surface area contributed by atoms with Gasteiger partial charge in [0.2, 0.25) is 15.9 Å². The molecule has 5 nitrogen and oxygen atoms in total. The largest absolute Gasteiger partial charge is 0.352 e. The Labute approximate surface area is 133 Å². The van der Waals surface area contributed by atoms with Gasteiger partial charge in [0.25, 0.3) is 0 Å². The van der Waals surface area contributed by atoms with Crippen LogP contribution in [0.4, 0.5) is 0 Å². The Hall–Kier alpha value is -1.40. The zero-order valence-corrected chi connectivity index (χ0v) is 14.4. The van der Waals surface area contributed by atoms with Crippen LogP contribution < -0.4 is 5.32 Å². The normalized spacial score (nSPS) is 11.6. The molecule has 22 heavy (non-hydrogen) atoms. The van der Waals surface area contributed by atoms with Crippen molar-refractivity contribution in [1.29, 1.82) is 0 Å². The number of unbranched alkanes of at least 4 members (excludes halogenated alkanes) is 1. The van der Waals surface area contributed by atoms with E-state index < -0.39 is 10.0 Å². The van der Waals surface area contributed by atoms with Crippen LogP contribution in [0, 0.1) is 6.92 Å². The lowest BCUT2D eigenvalue weighted by Gasteiger charge is -2.19. The first-order valence-electron chi connectivity index (χ1n) is 7.60. The van der Waals surface area contributed by atoms with Gasteiger partial charge in [-0.3, -0.25) is 4.79 Å². The van der Waals surface area contributed by atoms with Crippen molar-refractivity contribution in [3.05, 3.63) is 35.4 Å². The van der Waals surface area contributed by atoms with E-state index in [1.807, 2.05) is 38.1 Å². The van der Waals surface area contributed by atoms with Gasteiger partial charge in [0.15, 0.2) is 0 Å². The number of rotatable bonds is 9. The zero-order valence-electron chi connectivity index (χ0n) is 13.6. The highest BCUT2D eigenvalue weighted by Gasteiger charge is 2.16. The van der Waals surface area contributed by atoms with Crippen molar-refractivity contribution in [2.45, 2.75) is 39.7 Å². The highest BCUT2D eigenvalue weighted by molar-refractivity contribution is 7.88. The fraction of sp³-hybridized carbons (Fsp3) is 0.562. The maximum absolute atomic E-state index is 11.9. The fourth-order valence-electron chi connectivity index (χ4n) is 2.00. The Morgan fingerprint density at radius 1 is 1.18 bits per heavy atom. The molecule has 0 spiro atoms. The maximum Gasteiger partial charge on any atom is 0.221 e.